The maximum absolute atomic E-state index is 11.6. The number of benzene rings is 1. The largest absolute Gasteiger partial charge is 0.398 e. The molecule has 0 amide bonds. The van der Waals surface area contributed by atoms with Gasteiger partial charge in [-0.2, -0.15) is 0 Å². The summed E-state index contributed by atoms with van der Waals surface area (Å²) in [6.07, 6.45) is 0. The Morgan fingerprint density at radius 3 is 2.59 bits per heavy atom. The molecule has 0 aliphatic rings. The minimum absolute atomic E-state index is 0.197. The van der Waals surface area contributed by atoms with Gasteiger partial charge in [-0.25, -0.2) is 8.42 Å². The van der Waals surface area contributed by atoms with Gasteiger partial charge in [0.05, 0.1) is 11.0 Å². The van der Waals surface area contributed by atoms with Gasteiger partial charge < -0.3 is 5.73 Å². The first-order valence-corrected chi connectivity index (χ1v) is 8.24. The van der Waals surface area contributed by atoms with E-state index in [0.29, 0.717) is 5.75 Å². The van der Waals surface area contributed by atoms with Crippen LogP contribution in [0.4, 0.5) is 5.69 Å². The number of rotatable bonds is 5. The summed E-state index contributed by atoms with van der Waals surface area (Å²) in [6.45, 7) is 5.37. The van der Waals surface area contributed by atoms with Crippen molar-refractivity contribution < 1.29 is 8.42 Å². The average Bonchev–Trinajstić information content (AvgIpc) is 2.24. The summed E-state index contributed by atoms with van der Waals surface area (Å²) in [5.74, 6) is 0.747. The highest BCUT2D eigenvalue weighted by Gasteiger charge is 2.15. The molecule has 0 unspecified atom stereocenters. The summed E-state index contributed by atoms with van der Waals surface area (Å²) in [6, 6.07) is 5.81. The van der Waals surface area contributed by atoms with Crippen molar-refractivity contribution in [2.75, 3.05) is 17.2 Å². The number of para-hydroxylation sites is 1. The van der Waals surface area contributed by atoms with Crippen molar-refractivity contribution in [3.8, 4) is 0 Å². The van der Waals surface area contributed by atoms with Crippen LogP contribution in [-0.4, -0.2) is 25.2 Å². The zero-order valence-electron chi connectivity index (χ0n) is 10.4. The molecule has 0 atom stereocenters. The Balaban J connectivity index is 2.61. The molecular weight excluding hydrogens is 254 g/mol. The van der Waals surface area contributed by atoms with Crippen LogP contribution in [0.25, 0.3) is 0 Å². The zero-order chi connectivity index (χ0) is 13.1. The molecule has 0 aliphatic heterocycles. The molecule has 0 fully saturated rings. The van der Waals surface area contributed by atoms with Crippen molar-refractivity contribution in [1.29, 1.82) is 0 Å². The number of thioether (sulfide) groups is 1. The summed E-state index contributed by atoms with van der Waals surface area (Å²) in [4.78, 5) is 0.962. The Kier molecular flexibility index (Phi) is 4.89. The summed E-state index contributed by atoms with van der Waals surface area (Å²) < 4.78 is 23.3. The molecule has 0 spiro atoms. The first-order chi connectivity index (χ1) is 7.84. The zero-order valence-corrected chi connectivity index (χ0v) is 12.1. The molecule has 0 radical (unpaired) electrons. The van der Waals surface area contributed by atoms with Gasteiger partial charge in [-0.05, 0) is 32.4 Å². The first kappa shape index (κ1) is 14.4. The van der Waals surface area contributed by atoms with Crippen LogP contribution >= 0.6 is 11.8 Å². The van der Waals surface area contributed by atoms with E-state index in [-0.39, 0.29) is 11.0 Å². The molecular formula is C12H19NO2S2. The fourth-order valence-corrected chi connectivity index (χ4v) is 3.73. The van der Waals surface area contributed by atoms with E-state index in [4.69, 9.17) is 5.73 Å². The molecule has 1 aromatic rings. The summed E-state index contributed by atoms with van der Waals surface area (Å²) in [5, 5.41) is -0.307. The molecule has 17 heavy (non-hydrogen) atoms. The molecule has 1 aromatic carbocycles. The van der Waals surface area contributed by atoms with Gasteiger partial charge in [0.25, 0.3) is 0 Å². The smallest absolute Gasteiger partial charge is 0.153 e. The van der Waals surface area contributed by atoms with Gasteiger partial charge in [0.1, 0.15) is 0 Å². The molecule has 2 N–H and O–H groups in total. The molecule has 0 heterocycles. The van der Waals surface area contributed by atoms with Gasteiger partial charge in [-0.15, -0.1) is 11.8 Å². The fraction of sp³-hybridized carbons (Fsp3) is 0.500. The topological polar surface area (TPSA) is 60.2 Å². The summed E-state index contributed by atoms with van der Waals surface area (Å²) >= 11 is 1.50. The SMILES string of the molecule is Cc1cccc(SCCS(=O)(=O)C(C)C)c1N. The average molecular weight is 273 g/mol. The Bertz CT molecular complexity index is 481. The number of hydrogen-bond acceptors (Lipinski definition) is 4. The van der Waals surface area contributed by atoms with Gasteiger partial charge in [-0.3, -0.25) is 0 Å². The molecule has 96 valence electrons. The highest BCUT2D eigenvalue weighted by atomic mass is 32.2. The van der Waals surface area contributed by atoms with Crippen molar-refractivity contribution in [2.45, 2.75) is 30.9 Å². The number of nitrogens with two attached hydrogens (primary N) is 1. The lowest BCUT2D eigenvalue weighted by Crippen LogP contribution is -2.19. The van der Waals surface area contributed by atoms with Gasteiger partial charge in [-0.1, -0.05) is 12.1 Å². The van der Waals surface area contributed by atoms with Crippen LogP contribution in [0.1, 0.15) is 19.4 Å². The van der Waals surface area contributed by atoms with E-state index in [1.165, 1.54) is 11.8 Å². The van der Waals surface area contributed by atoms with Gasteiger partial charge in [0.15, 0.2) is 9.84 Å². The van der Waals surface area contributed by atoms with Crippen molar-refractivity contribution in [3.63, 3.8) is 0 Å². The van der Waals surface area contributed by atoms with Gasteiger partial charge in [0.2, 0.25) is 0 Å². The Labute approximate surface area is 108 Å². The molecule has 3 nitrogen and oxygen atoms in total. The molecule has 1 rings (SSSR count). The standard InChI is InChI=1S/C12H19NO2S2/c1-9(2)17(14,15)8-7-16-11-6-4-5-10(3)12(11)13/h4-6,9H,7-8,13H2,1-3H3. The molecule has 0 saturated heterocycles. The van der Waals surface area contributed by atoms with Gasteiger partial charge in [0, 0.05) is 16.3 Å². The van der Waals surface area contributed by atoms with Crippen LogP contribution in [-0.2, 0) is 9.84 Å². The molecule has 0 aliphatic carbocycles. The second-order valence-corrected chi connectivity index (χ2v) is 8.06. The second-order valence-electron chi connectivity index (χ2n) is 4.25. The maximum atomic E-state index is 11.6. The molecule has 0 bridgehead atoms. The predicted molar refractivity (Wildman–Crippen MR) is 75.2 cm³/mol. The minimum Gasteiger partial charge on any atom is -0.398 e. The lowest BCUT2D eigenvalue weighted by atomic mass is 10.2. The van der Waals surface area contributed by atoms with Gasteiger partial charge >= 0.3 is 0 Å². The Hall–Kier alpha value is -0.680. The van der Waals surface area contributed by atoms with Crippen LogP contribution in [0.3, 0.4) is 0 Å². The van der Waals surface area contributed by atoms with Crippen LogP contribution in [0, 0.1) is 6.92 Å². The van der Waals surface area contributed by atoms with E-state index >= 15 is 0 Å². The number of nitrogen functional groups attached to an aromatic ring is 1. The monoisotopic (exact) mass is 273 g/mol. The fourth-order valence-electron chi connectivity index (χ4n) is 1.28. The third-order valence-electron chi connectivity index (χ3n) is 2.63. The van der Waals surface area contributed by atoms with E-state index in [1.54, 1.807) is 13.8 Å². The van der Waals surface area contributed by atoms with E-state index < -0.39 is 9.84 Å². The lowest BCUT2D eigenvalue weighted by molar-refractivity contribution is 0.589. The maximum Gasteiger partial charge on any atom is 0.153 e. The highest BCUT2D eigenvalue weighted by molar-refractivity contribution is 8.01. The third kappa shape index (κ3) is 3.92. The number of hydrogen-bond donors (Lipinski definition) is 1. The summed E-state index contributed by atoms with van der Waals surface area (Å²) in [7, 11) is -2.95. The quantitative estimate of drug-likeness (QED) is 0.661. The van der Waals surface area contributed by atoms with Crippen LogP contribution in [0.15, 0.2) is 23.1 Å². The van der Waals surface area contributed by atoms with Crippen LogP contribution < -0.4 is 5.73 Å². The third-order valence-corrected chi connectivity index (χ3v) is 6.17. The highest BCUT2D eigenvalue weighted by Crippen LogP contribution is 2.27. The van der Waals surface area contributed by atoms with E-state index in [2.05, 4.69) is 0 Å². The lowest BCUT2D eigenvalue weighted by Gasteiger charge is -2.09. The molecule has 0 aromatic heterocycles. The van der Waals surface area contributed by atoms with Crippen molar-refractivity contribution >= 4 is 27.3 Å². The van der Waals surface area contributed by atoms with Crippen molar-refractivity contribution in [2.24, 2.45) is 0 Å². The predicted octanol–water partition coefficient (Wildman–Crippen LogP) is 2.49. The van der Waals surface area contributed by atoms with E-state index in [9.17, 15) is 8.42 Å². The molecule has 5 heteroatoms. The Morgan fingerprint density at radius 2 is 2.00 bits per heavy atom. The van der Waals surface area contributed by atoms with Crippen LogP contribution in [0.5, 0.6) is 0 Å². The van der Waals surface area contributed by atoms with E-state index in [0.717, 1.165) is 16.1 Å². The first-order valence-electron chi connectivity index (χ1n) is 5.54. The minimum atomic E-state index is -2.95. The Morgan fingerprint density at radius 1 is 1.35 bits per heavy atom. The number of aryl methyl sites for hydroxylation is 1. The van der Waals surface area contributed by atoms with E-state index in [1.807, 2.05) is 25.1 Å². The second kappa shape index (κ2) is 5.78. The normalized spacial score (nSPS) is 12.0. The van der Waals surface area contributed by atoms with Crippen molar-refractivity contribution in [1.82, 2.24) is 0 Å². The van der Waals surface area contributed by atoms with Crippen molar-refractivity contribution in [3.05, 3.63) is 23.8 Å². The van der Waals surface area contributed by atoms with Crippen LogP contribution in [0.2, 0.25) is 0 Å². The number of anilines is 1. The molecule has 0 saturated carbocycles. The number of sulfone groups is 1. The summed E-state index contributed by atoms with van der Waals surface area (Å²) in [5.41, 5.74) is 7.70.